The molecule has 1 fully saturated rings. The van der Waals surface area contributed by atoms with E-state index in [-0.39, 0.29) is 47.1 Å². The number of fused-ring (bicyclic) bond motifs is 2. The van der Waals surface area contributed by atoms with Gasteiger partial charge in [0.15, 0.2) is 6.10 Å². The quantitative estimate of drug-likeness (QED) is 0.0672. The molecular weight excluding hydrogens is 606 g/mol. The molecule has 2 heterocycles. The molecule has 0 spiro atoms. The Morgan fingerprint density at radius 1 is 0.932 bits per heavy atom. The van der Waals surface area contributed by atoms with Gasteiger partial charge in [-0.25, -0.2) is 14.2 Å². The maximum atomic E-state index is 13.6. The zero-order chi connectivity index (χ0) is 31.0. The van der Waals surface area contributed by atoms with E-state index >= 15 is 0 Å². The average Bonchev–Trinajstić information content (AvgIpc) is 3.29. The Bertz CT molecular complexity index is 1800. The summed E-state index contributed by atoms with van der Waals surface area (Å²) in [6.07, 6.45) is 3.83. The molecule has 1 saturated heterocycles. The minimum absolute atomic E-state index is 0.0471. The van der Waals surface area contributed by atoms with E-state index < -0.39 is 23.7 Å². The smallest absolute Gasteiger partial charge is 0.339 e. The molecule has 44 heavy (non-hydrogen) atoms. The van der Waals surface area contributed by atoms with E-state index in [2.05, 4.69) is 0 Å². The van der Waals surface area contributed by atoms with Gasteiger partial charge in [-0.3, -0.25) is 19.3 Å². The topological polar surface area (TPSA) is 93.6 Å². The van der Waals surface area contributed by atoms with Crippen LogP contribution in [-0.4, -0.2) is 40.5 Å². The third kappa shape index (κ3) is 5.63. The third-order valence-electron chi connectivity index (χ3n) is 7.96. The molecule has 3 unspecified atom stereocenters. The number of Topliss-reactive ketones (excluding diaryl/α,β-unsaturated/α-hetero) is 1. The summed E-state index contributed by atoms with van der Waals surface area (Å²) in [6, 6.07) is 18.2. The van der Waals surface area contributed by atoms with Crippen LogP contribution >= 0.6 is 23.2 Å². The summed E-state index contributed by atoms with van der Waals surface area (Å²) < 4.78 is 19.1. The molecule has 10 heteroatoms. The summed E-state index contributed by atoms with van der Waals surface area (Å²) in [4.78, 5) is 58.8. The standard InChI is InChI=1S/C34H25Cl2FN2O5/c35-16-15-30(31(40)20-5-10-22(37)11-6-20)44-34(43)27-18-29(38-28-14-9-21(36)17-26(27)28)19-7-12-23(13-8-19)39-32(41)24-3-1-2-4-25(24)33(39)42/h1-2,5-14,17-18,24-25,30H,3-4,15-16H2. The Labute approximate surface area is 262 Å². The molecule has 7 nitrogen and oxygen atoms in total. The highest BCUT2D eigenvalue weighted by Gasteiger charge is 2.47. The van der Waals surface area contributed by atoms with Crippen molar-refractivity contribution >= 4 is 63.4 Å². The van der Waals surface area contributed by atoms with Crippen molar-refractivity contribution in [2.24, 2.45) is 11.8 Å². The summed E-state index contributed by atoms with van der Waals surface area (Å²) in [5.74, 6) is -2.83. The number of allylic oxidation sites excluding steroid dienone is 2. The third-order valence-corrected chi connectivity index (χ3v) is 8.41. The van der Waals surface area contributed by atoms with Crippen molar-refractivity contribution in [3.63, 3.8) is 0 Å². The number of rotatable bonds is 8. The van der Waals surface area contributed by atoms with Gasteiger partial charge in [0.05, 0.1) is 34.3 Å². The van der Waals surface area contributed by atoms with E-state index in [9.17, 15) is 23.6 Å². The van der Waals surface area contributed by atoms with Gasteiger partial charge in [-0.1, -0.05) is 35.9 Å². The number of amides is 2. The normalized spacial score (nSPS) is 18.4. The summed E-state index contributed by atoms with van der Waals surface area (Å²) >= 11 is 12.2. The van der Waals surface area contributed by atoms with Crippen molar-refractivity contribution < 1.29 is 28.3 Å². The number of hydrogen-bond acceptors (Lipinski definition) is 6. The Morgan fingerprint density at radius 3 is 2.23 bits per heavy atom. The van der Waals surface area contributed by atoms with Gasteiger partial charge in [-0.15, -0.1) is 11.6 Å². The highest BCUT2D eigenvalue weighted by atomic mass is 35.5. The molecule has 0 bridgehead atoms. The van der Waals surface area contributed by atoms with Crippen LogP contribution in [0, 0.1) is 17.7 Å². The number of esters is 1. The SMILES string of the molecule is O=C(OC(CCCl)C(=O)c1ccc(F)cc1)c1cc(-c2ccc(N3C(=O)C4CC=CCC4C3=O)cc2)nc2ccc(Cl)cc12. The van der Waals surface area contributed by atoms with Crippen LogP contribution in [0.5, 0.6) is 0 Å². The number of ketones is 1. The molecule has 0 N–H and O–H groups in total. The van der Waals surface area contributed by atoms with Crippen molar-refractivity contribution in [1.29, 1.82) is 0 Å². The van der Waals surface area contributed by atoms with Gasteiger partial charge in [0, 0.05) is 33.8 Å². The number of alkyl halides is 1. The average molecular weight is 631 g/mol. The Morgan fingerprint density at radius 2 is 1.59 bits per heavy atom. The van der Waals surface area contributed by atoms with E-state index in [1.54, 1.807) is 48.5 Å². The van der Waals surface area contributed by atoms with Gasteiger partial charge in [0.25, 0.3) is 0 Å². The maximum absolute atomic E-state index is 13.6. The fraction of sp³-hybridized carbons (Fsp3) is 0.206. The zero-order valence-electron chi connectivity index (χ0n) is 23.2. The molecule has 2 amide bonds. The molecular formula is C34H25Cl2FN2O5. The fourth-order valence-electron chi connectivity index (χ4n) is 5.69. The predicted octanol–water partition coefficient (Wildman–Crippen LogP) is 7.19. The number of anilines is 1. The number of halogens is 3. The van der Waals surface area contributed by atoms with Gasteiger partial charge < -0.3 is 4.74 Å². The van der Waals surface area contributed by atoms with Crippen LogP contribution in [0.1, 0.15) is 40.0 Å². The number of aromatic nitrogens is 1. The largest absolute Gasteiger partial charge is 0.450 e. The van der Waals surface area contributed by atoms with Gasteiger partial charge in [0.2, 0.25) is 17.6 Å². The lowest BCUT2D eigenvalue weighted by atomic mass is 9.85. The van der Waals surface area contributed by atoms with Crippen molar-refractivity contribution in [3.8, 4) is 11.3 Å². The first kappa shape index (κ1) is 29.7. The summed E-state index contributed by atoms with van der Waals surface area (Å²) in [6.45, 7) is 0. The lowest BCUT2D eigenvalue weighted by molar-refractivity contribution is -0.122. The summed E-state index contributed by atoms with van der Waals surface area (Å²) in [5.41, 5.74) is 2.29. The number of nitrogens with zero attached hydrogens (tertiary/aromatic N) is 2. The number of pyridine rings is 1. The minimum atomic E-state index is -1.20. The van der Waals surface area contributed by atoms with E-state index in [0.717, 1.165) is 12.1 Å². The minimum Gasteiger partial charge on any atom is -0.450 e. The number of hydrogen-bond donors (Lipinski definition) is 0. The van der Waals surface area contributed by atoms with Gasteiger partial charge in [-0.2, -0.15) is 0 Å². The monoisotopic (exact) mass is 630 g/mol. The van der Waals surface area contributed by atoms with Crippen LogP contribution in [0.3, 0.4) is 0 Å². The van der Waals surface area contributed by atoms with Crippen LogP contribution in [0.4, 0.5) is 10.1 Å². The predicted molar refractivity (Wildman–Crippen MR) is 165 cm³/mol. The summed E-state index contributed by atoms with van der Waals surface area (Å²) in [7, 11) is 0. The lowest BCUT2D eigenvalue weighted by Crippen LogP contribution is -2.30. The highest BCUT2D eigenvalue weighted by Crippen LogP contribution is 2.38. The second-order valence-electron chi connectivity index (χ2n) is 10.7. The van der Waals surface area contributed by atoms with Crippen LogP contribution in [0.15, 0.2) is 84.9 Å². The number of carbonyl (C=O) groups is 4. The van der Waals surface area contributed by atoms with E-state index in [1.165, 1.54) is 17.0 Å². The van der Waals surface area contributed by atoms with Crippen LogP contribution in [0.25, 0.3) is 22.2 Å². The molecule has 2 aliphatic rings. The number of imide groups is 1. The number of benzene rings is 3. The number of carbonyl (C=O) groups excluding carboxylic acids is 4. The van der Waals surface area contributed by atoms with Crippen molar-refractivity contribution in [3.05, 3.63) is 107 Å². The molecule has 3 aromatic carbocycles. The van der Waals surface area contributed by atoms with Gasteiger partial charge in [0.1, 0.15) is 5.82 Å². The highest BCUT2D eigenvalue weighted by molar-refractivity contribution is 6.31. The van der Waals surface area contributed by atoms with Crippen molar-refractivity contribution in [2.45, 2.75) is 25.4 Å². The first-order chi connectivity index (χ1) is 21.2. The van der Waals surface area contributed by atoms with Gasteiger partial charge >= 0.3 is 5.97 Å². The molecule has 1 aliphatic heterocycles. The Kier molecular flexibility index (Phi) is 8.29. The van der Waals surface area contributed by atoms with E-state index in [1.807, 2.05) is 12.2 Å². The summed E-state index contributed by atoms with van der Waals surface area (Å²) in [5, 5.41) is 0.798. The lowest BCUT2D eigenvalue weighted by Gasteiger charge is -2.18. The first-order valence-electron chi connectivity index (χ1n) is 14.1. The first-order valence-corrected chi connectivity index (χ1v) is 15.0. The molecule has 1 aromatic heterocycles. The van der Waals surface area contributed by atoms with Crippen LogP contribution in [-0.2, 0) is 14.3 Å². The molecule has 0 saturated carbocycles. The van der Waals surface area contributed by atoms with Crippen LogP contribution in [0.2, 0.25) is 5.02 Å². The second kappa shape index (κ2) is 12.3. The molecule has 1 aliphatic carbocycles. The zero-order valence-corrected chi connectivity index (χ0v) is 24.7. The molecule has 0 radical (unpaired) electrons. The van der Waals surface area contributed by atoms with E-state index in [0.29, 0.717) is 45.7 Å². The second-order valence-corrected chi connectivity index (χ2v) is 11.5. The molecule has 4 aromatic rings. The van der Waals surface area contributed by atoms with Crippen molar-refractivity contribution in [2.75, 3.05) is 10.8 Å². The Hall–Kier alpha value is -4.40. The maximum Gasteiger partial charge on any atom is 0.339 e. The fourth-order valence-corrected chi connectivity index (χ4v) is 6.06. The number of ether oxygens (including phenoxy) is 1. The van der Waals surface area contributed by atoms with Crippen LogP contribution < -0.4 is 4.90 Å². The van der Waals surface area contributed by atoms with Gasteiger partial charge in [-0.05, 0) is 73.5 Å². The molecule has 6 rings (SSSR count). The molecule has 3 atom stereocenters. The molecule has 222 valence electrons. The Balaban J connectivity index is 1.32. The van der Waals surface area contributed by atoms with Crippen molar-refractivity contribution in [1.82, 2.24) is 4.98 Å². The van der Waals surface area contributed by atoms with E-state index in [4.69, 9.17) is 32.9 Å².